The molecule has 3 rings (SSSR count). The Labute approximate surface area is 126 Å². The highest BCUT2D eigenvalue weighted by Crippen LogP contribution is 2.27. The van der Waals surface area contributed by atoms with E-state index in [0.29, 0.717) is 0 Å². The molecule has 1 aliphatic rings. The van der Waals surface area contributed by atoms with Crippen molar-refractivity contribution in [2.24, 2.45) is 0 Å². The average molecular weight is 293 g/mol. The molecule has 0 bridgehead atoms. The number of β-amino-alcohol motifs (C(OH)–C–C–N with tert-alkyl or cyclic N) is 1. The number of rotatable bonds is 3. The zero-order valence-corrected chi connectivity index (χ0v) is 12.4. The van der Waals surface area contributed by atoms with Crippen LogP contribution in [0.3, 0.4) is 0 Å². The molecule has 2 aromatic carbocycles. The molecule has 2 aromatic rings. The van der Waals surface area contributed by atoms with Gasteiger partial charge in [-0.1, -0.05) is 36.4 Å². The van der Waals surface area contributed by atoms with E-state index in [-0.39, 0.29) is 19.0 Å². The van der Waals surface area contributed by atoms with Crippen LogP contribution in [0.2, 0.25) is 0 Å². The van der Waals surface area contributed by atoms with Crippen LogP contribution in [0.25, 0.3) is 10.8 Å². The zero-order valence-electron chi connectivity index (χ0n) is 11.5. The Morgan fingerprint density at radius 3 is 2.35 bits per heavy atom. The van der Waals surface area contributed by atoms with Gasteiger partial charge < -0.3 is 10.0 Å². The maximum Gasteiger partial charge on any atom is 0.0558 e. The fourth-order valence-corrected chi connectivity index (χ4v) is 2.84. The molecule has 0 radical (unpaired) electrons. The first-order valence-electron chi connectivity index (χ1n) is 6.94. The number of hydrogen-bond acceptors (Lipinski definition) is 3. The topological polar surface area (TPSA) is 26.7 Å². The standard InChI is InChI=1S/C16H20N2O.ClH/c19-13-12-17-8-10-18(11-9-17)16-7-3-5-14-4-1-2-6-15(14)16;/h1-7,19H,8-13H2;1H. The van der Waals surface area contributed by atoms with Crippen LogP contribution in [0.1, 0.15) is 0 Å². The molecule has 20 heavy (non-hydrogen) atoms. The van der Waals surface area contributed by atoms with Crippen LogP contribution in [0.5, 0.6) is 0 Å². The highest BCUT2D eigenvalue weighted by molar-refractivity contribution is 5.94. The molecule has 0 atom stereocenters. The Bertz CT molecular complexity index is 548. The minimum absolute atomic E-state index is 0. The van der Waals surface area contributed by atoms with Crippen LogP contribution in [0.15, 0.2) is 42.5 Å². The normalized spacial score (nSPS) is 16.1. The predicted octanol–water partition coefficient (Wildman–Crippen LogP) is 2.38. The number of aliphatic hydroxyl groups excluding tert-OH is 1. The van der Waals surface area contributed by atoms with Crippen molar-refractivity contribution in [3.05, 3.63) is 42.5 Å². The van der Waals surface area contributed by atoms with Gasteiger partial charge >= 0.3 is 0 Å². The average Bonchev–Trinajstić information content (AvgIpc) is 2.48. The Balaban J connectivity index is 0.00000147. The number of anilines is 1. The number of halogens is 1. The van der Waals surface area contributed by atoms with Crippen molar-refractivity contribution >= 4 is 28.9 Å². The lowest BCUT2D eigenvalue weighted by Gasteiger charge is -2.36. The monoisotopic (exact) mass is 292 g/mol. The summed E-state index contributed by atoms with van der Waals surface area (Å²) in [5.74, 6) is 0. The van der Waals surface area contributed by atoms with Gasteiger partial charge in [0.25, 0.3) is 0 Å². The molecule has 1 saturated heterocycles. The van der Waals surface area contributed by atoms with Crippen LogP contribution < -0.4 is 4.90 Å². The summed E-state index contributed by atoms with van der Waals surface area (Å²) in [4.78, 5) is 4.78. The SMILES string of the molecule is Cl.OCCN1CCN(c2cccc3ccccc23)CC1. The Kier molecular flexibility index (Phi) is 5.24. The maximum absolute atomic E-state index is 8.99. The smallest absolute Gasteiger partial charge is 0.0558 e. The van der Waals surface area contributed by atoms with Gasteiger partial charge in [-0.15, -0.1) is 12.4 Å². The van der Waals surface area contributed by atoms with E-state index >= 15 is 0 Å². The number of piperazine rings is 1. The highest BCUT2D eigenvalue weighted by atomic mass is 35.5. The molecular weight excluding hydrogens is 272 g/mol. The number of benzene rings is 2. The molecule has 0 aromatic heterocycles. The molecule has 0 amide bonds. The minimum atomic E-state index is 0. The lowest BCUT2D eigenvalue weighted by molar-refractivity contribution is 0.189. The molecule has 1 heterocycles. The van der Waals surface area contributed by atoms with E-state index in [4.69, 9.17) is 5.11 Å². The fourth-order valence-electron chi connectivity index (χ4n) is 2.84. The van der Waals surface area contributed by atoms with Crippen LogP contribution in [-0.2, 0) is 0 Å². The van der Waals surface area contributed by atoms with E-state index in [2.05, 4.69) is 52.3 Å². The van der Waals surface area contributed by atoms with Gasteiger partial charge in [0.2, 0.25) is 0 Å². The third-order valence-corrected chi connectivity index (χ3v) is 3.90. The zero-order chi connectivity index (χ0) is 13.1. The van der Waals surface area contributed by atoms with Crippen molar-refractivity contribution < 1.29 is 5.11 Å². The van der Waals surface area contributed by atoms with Crippen LogP contribution in [0, 0.1) is 0 Å². The summed E-state index contributed by atoms with van der Waals surface area (Å²) in [6, 6.07) is 15.1. The molecule has 0 aliphatic carbocycles. The van der Waals surface area contributed by atoms with Gasteiger partial charge in [-0.2, -0.15) is 0 Å². The van der Waals surface area contributed by atoms with Gasteiger partial charge in [0, 0.05) is 43.8 Å². The number of fused-ring (bicyclic) bond motifs is 1. The van der Waals surface area contributed by atoms with Gasteiger partial charge in [-0.25, -0.2) is 0 Å². The lowest BCUT2D eigenvalue weighted by atomic mass is 10.1. The molecule has 3 nitrogen and oxygen atoms in total. The Hall–Kier alpha value is -1.29. The van der Waals surface area contributed by atoms with Crippen molar-refractivity contribution in [2.45, 2.75) is 0 Å². The summed E-state index contributed by atoms with van der Waals surface area (Å²) < 4.78 is 0. The van der Waals surface area contributed by atoms with Crippen LogP contribution in [0.4, 0.5) is 5.69 Å². The summed E-state index contributed by atoms with van der Waals surface area (Å²) in [5.41, 5.74) is 1.33. The maximum atomic E-state index is 8.99. The second-order valence-corrected chi connectivity index (χ2v) is 5.05. The molecule has 108 valence electrons. The number of hydrogen-bond donors (Lipinski definition) is 1. The summed E-state index contributed by atoms with van der Waals surface area (Å²) in [7, 11) is 0. The second kappa shape index (κ2) is 6.93. The summed E-state index contributed by atoms with van der Waals surface area (Å²) in [6.07, 6.45) is 0. The van der Waals surface area contributed by atoms with Gasteiger partial charge in [0.05, 0.1) is 6.61 Å². The molecule has 1 fully saturated rings. The van der Waals surface area contributed by atoms with Crippen LogP contribution in [-0.4, -0.2) is 49.3 Å². The summed E-state index contributed by atoms with van der Waals surface area (Å²) >= 11 is 0. The molecule has 0 spiro atoms. The Morgan fingerprint density at radius 2 is 1.60 bits per heavy atom. The highest BCUT2D eigenvalue weighted by Gasteiger charge is 2.17. The Morgan fingerprint density at radius 1 is 0.900 bits per heavy atom. The van der Waals surface area contributed by atoms with E-state index in [1.807, 2.05) is 0 Å². The summed E-state index contributed by atoms with van der Waals surface area (Å²) in [6.45, 7) is 5.19. The van der Waals surface area contributed by atoms with Crippen molar-refractivity contribution in [2.75, 3.05) is 44.2 Å². The van der Waals surface area contributed by atoms with E-state index < -0.39 is 0 Å². The predicted molar refractivity (Wildman–Crippen MR) is 86.9 cm³/mol. The first kappa shape index (κ1) is 15.1. The van der Waals surface area contributed by atoms with Crippen molar-refractivity contribution in [3.8, 4) is 0 Å². The third-order valence-electron chi connectivity index (χ3n) is 3.90. The molecule has 1 aliphatic heterocycles. The van der Waals surface area contributed by atoms with Crippen LogP contribution >= 0.6 is 12.4 Å². The van der Waals surface area contributed by atoms with E-state index in [1.54, 1.807) is 0 Å². The molecule has 4 heteroatoms. The van der Waals surface area contributed by atoms with E-state index in [1.165, 1.54) is 16.5 Å². The largest absolute Gasteiger partial charge is 0.395 e. The third kappa shape index (κ3) is 3.06. The second-order valence-electron chi connectivity index (χ2n) is 5.05. The number of nitrogens with zero attached hydrogens (tertiary/aromatic N) is 2. The van der Waals surface area contributed by atoms with Gasteiger partial charge in [-0.05, 0) is 11.5 Å². The minimum Gasteiger partial charge on any atom is -0.395 e. The summed E-state index contributed by atoms with van der Waals surface area (Å²) in [5, 5.41) is 11.6. The van der Waals surface area contributed by atoms with Crippen molar-refractivity contribution in [3.63, 3.8) is 0 Å². The van der Waals surface area contributed by atoms with Gasteiger partial charge in [-0.3, -0.25) is 4.90 Å². The van der Waals surface area contributed by atoms with Gasteiger partial charge in [0.15, 0.2) is 0 Å². The first-order valence-corrected chi connectivity index (χ1v) is 6.94. The van der Waals surface area contributed by atoms with Gasteiger partial charge in [0.1, 0.15) is 0 Å². The molecule has 1 N–H and O–H groups in total. The number of aliphatic hydroxyl groups is 1. The van der Waals surface area contributed by atoms with Crippen molar-refractivity contribution in [1.82, 2.24) is 4.90 Å². The molecule has 0 unspecified atom stereocenters. The quantitative estimate of drug-likeness (QED) is 0.941. The lowest BCUT2D eigenvalue weighted by Crippen LogP contribution is -2.47. The van der Waals surface area contributed by atoms with Crippen molar-refractivity contribution in [1.29, 1.82) is 0 Å². The molecule has 0 saturated carbocycles. The molecular formula is C16H21ClN2O. The fraction of sp³-hybridized carbons (Fsp3) is 0.375. The van der Waals surface area contributed by atoms with E-state index in [9.17, 15) is 0 Å². The van der Waals surface area contributed by atoms with E-state index in [0.717, 1.165) is 32.7 Å². The first-order chi connectivity index (χ1) is 9.38.